The molecule has 0 spiro atoms. The summed E-state index contributed by atoms with van der Waals surface area (Å²) in [6, 6.07) is 1.65. The third kappa shape index (κ3) is 2.72. The predicted octanol–water partition coefficient (Wildman–Crippen LogP) is 0.875. The van der Waals surface area contributed by atoms with Gasteiger partial charge in [0, 0.05) is 18.3 Å². The van der Waals surface area contributed by atoms with Crippen molar-refractivity contribution in [2.75, 3.05) is 13.1 Å². The predicted molar refractivity (Wildman–Crippen MR) is 60.0 cm³/mol. The number of aryl methyl sites for hydroxylation is 2. The van der Waals surface area contributed by atoms with Crippen LogP contribution in [0, 0.1) is 12.8 Å². The molecule has 4 heteroatoms. The van der Waals surface area contributed by atoms with Gasteiger partial charge in [-0.3, -0.25) is 9.48 Å². The molecule has 0 bridgehead atoms. The Bertz CT molecular complexity index is 360. The molecule has 0 amide bonds. The van der Waals surface area contributed by atoms with Crippen LogP contribution < -0.4 is 10.9 Å². The van der Waals surface area contributed by atoms with Crippen molar-refractivity contribution in [1.29, 1.82) is 0 Å². The maximum atomic E-state index is 11.4. The van der Waals surface area contributed by atoms with Gasteiger partial charge in [-0.2, -0.15) is 0 Å². The average molecular weight is 209 g/mol. The third-order valence-corrected chi connectivity index (χ3v) is 3.08. The summed E-state index contributed by atoms with van der Waals surface area (Å²) in [6.45, 7) is 4.99. The highest BCUT2D eigenvalue weighted by Gasteiger charge is 2.13. The Labute approximate surface area is 89.7 Å². The molecule has 84 valence electrons. The third-order valence-electron chi connectivity index (χ3n) is 3.08. The van der Waals surface area contributed by atoms with Crippen LogP contribution in [-0.4, -0.2) is 22.9 Å². The summed E-state index contributed by atoms with van der Waals surface area (Å²) < 4.78 is 1.71. The summed E-state index contributed by atoms with van der Waals surface area (Å²) >= 11 is 0. The largest absolute Gasteiger partial charge is 0.316 e. The van der Waals surface area contributed by atoms with E-state index in [1.54, 1.807) is 10.7 Å². The lowest BCUT2D eigenvalue weighted by Gasteiger charge is -2.22. The Morgan fingerprint density at radius 3 is 3.07 bits per heavy atom. The highest BCUT2D eigenvalue weighted by atomic mass is 16.1. The zero-order valence-electron chi connectivity index (χ0n) is 9.25. The highest BCUT2D eigenvalue weighted by Crippen LogP contribution is 2.14. The van der Waals surface area contributed by atoms with Gasteiger partial charge in [-0.25, -0.2) is 0 Å². The first-order valence-corrected chi connectivity index (χ1v) is 5.73. The fourth-order valence-corrected chi connectivity index (χ4v) is 2.21. The maximum Gasteiger partial charge on any atom is 0.266 e. The molecule has 1 aliphatic rings. The molecule has 1 aromatic heterocycles. The second-order valence-electron chi connectivity index (χ2n) is 4.43. The summed E-state index contributed by atoms with van der Waals surface area (Å²) in [5.41, 5.74) is 1.04. The second-order valence-corrected chi connectivity index (χ2v) is 4.43. The summed E-state index contributed by atoms with van der Waals surface area (Å²) in [7, 11) is 0. The van der Waals surface area contributed by atoms with E-state index in [9.17, 15) is 4.79 Å². The fraction of sp³-hybridized carbons (Fsp3) is 0.727. The minimum atomic E-state index is 0.0938. The van der Waals surface area contributed by atoms with Gasteiger partial charge in [-0.1, -0.05) is 0 Å². The van der Waals surface area contributed by atoms with E-state index in [2.05, 4.69) is 10.4 Å². The van der Waals surface area contributed by atoms with Gasteiger partial charge in [0.15, 0.2) is 0 Å². The molecule has 1 fully saturated rings. The number of hydrogen-bond acceptors (Lipinski definition) is 2. The van der Waals surface area contributed by atoms with Gasteiger partial charge >= 0.3 is 0 Å². The molecule has 1 saturated heterocycles. The van der Waals surface area contributed by atoms with Gasteiger partial charge in [0.25, 0.3) is 5.56 Å². The monoisotopic (exact) mass is 209 g/mol. The quantitative estimate of drug-likeness (QED) is 0.776. The molecule has 15 heavy (non-hydrogen) atoms. The van der Waals surface area contributed by atoms with Crippen molar-refractivity contribution in [3.05, 3.63) is 22.1 Å². The highest BCUT2D eigenvalue weighted by molar-refractivity contribution is 4.95. The number of H-pyrrole nitrogens is 1. The average Bonchev–Trinajstić information content (AvgIpc) is 2.56. The first-order chi connectivity index (χ1) is 7.25. The van der Waals surface area contributed by atoms with Crippen LogP contribution in [-0.2, 0) is 6.54 Å². The Hall–Kier alpha value is -1.03. The molecule has 0 radical (unpaired) electrons. The molecule has 1 unspecified atom stereocenters. The van der Waals surface area contributed by atoms with Crippen molar-refractivity contribution < 1.29 is 0 Å². The van der Waals surface area contributed by atoms with Gasteiger partial charge in [0.1, 0.15) is 0 Å². The van der Waals surface area contributed by atoms with Gasteiger partial charge < -0.3 is 10.4 Å². The topological polar surface area (TPSA) is 49.8 Å². The number of nitrogens with one attached hydrogen (secondary N) is 2. The molecule has 1 aliphatic heterocycles. The molecule has 0 saturated carbocycles. The second kappa shape index (κ2) is 4.66. The lowest BCUT2D eigenvalue weighted by molar-refractivity contribution is 0.334. The number of nitrogens with zero attached hydrogens (tertiary/aromatic N) is 1. The van der Waals surface area contributed by atoms with Crippen molar-refractivity contribution in [3.63, 3.8) is 0 Å². The van der Waals surface area contributed by atoms with E-state index >= 15 is 0 Å². The van der Waals surface area contributed by atoms with Gasteiger partial charge in [-0.05, 0) is 45.2 Å². The summed E-state index contributed by atoms with van der Waals surface area (Å²) in [4.78, 5) is 11.4. The summed E-state index contributed by atoms with van der Waals surface area (Å²) in [6.07, 6.45) is 3.65. The molecule has 2 heterocycles. The summed E-state index contributed by atoms with van der Waals surface area (Å²) in [5, 5.41) is 6.46. The molecule has 0 aromatic carbocycles. The lowest BCUT2D eigenvalue weighted by atomic mass is 9.96. The molecule has 1 atom stereocenters. The minimum absolute atomic E-state index is 0.0938. The Morgan fingerprint density at radius 2 is 2.47 bits per heavy atom. The van der Waals surface area contributed by atoms with Crippen molar-refractivity contribution in [2.24, 2.45) is 5.92 Å². The van der Waals surface area contributed by atoms with Crippen LogP contribution in [0.4, 0.5) is 0 Å². The molecular weight excluding hydrogens is 190 g/mol. The maximum absolute atomic E-state index is 11.4. The van der Waals surface area contributed by atoms with Crippen molar-refractivity contribution in [3.8, 4) is 0 Å². The van der Waals surface area contributed by atoms with Crippen LogP contribution in [0.25, 0.3) is 0 Å². The van der Waals surface area contributed by atoms with E-state index in [-0.39, 0.29) is 5.56 Å². The number of aromatic nitrogens is 2. The SMILES string of the molecule is Cc1cc(=O)n(CCC2CCCNC2)[nH]1. The zero-order valence-corrected chi connectivity index (χ0v) is 9.25. The van der Waals surface area contributed by atoms with Crippen LogP contribution in [0.15, 0.2) is 10.9 Å². The van der Waals surface area contributed by atoms with E-state index in [0.717, 1.165) is 37.7 Å². The van der Waals surface area contributed by atoms with E-state index in [4.69, 9.17) is 0 Å². The summed E-state index contributed by atoms with van der Waals surface area (Å²) in [5.74, 6) is 0.731. The Kier molecular flexibility index (Phi) is 3.26. The van der Waals surface area contributed by atoms with Crippen molar-refractivity contribution in [2.45, 2.75) is 32.7 Å². The van der Waals surface area contributed by atoms with Crippen LogP contribution in [0.5, 0.6) is 0 Å². The molecular formula is C11H19N3O. The van der Waals surface area contributed by atoms with Gasteiger partial charge in [0.05, 0.1) is 0 Å². The zero-order chi connectivity index (χ0) is 10.7. The normalized spacial score (nSPS) is 21.8. The van der Waals surface area contributed by atoms with Crippen LogP contribution in [0.3, 0.4) is 0 Å². The number of hydrogen-bond donors (Lipinski definition) is 2. The van der Waals surface area contributed by atoms with Crippen LogP contribution in [0.2, 0.25) is 0 Å². The standard InChI is InChI=1S/C11H19N3O/c1-9-7-11(15)14(13-9)6-4-10-3-2-5-12-8-10/h7,10,12-13H,2-6,8H2,1H3. The molecule has 0 aliphatic carbocycles. The Morgan fingerprint density at radius 1 is 1.60 bits per heavy atom. The minimum Gasteiger partial charge on any atom is -0.316 e. The molecule has 4 nitrogen and oxygen atoms in total. The van der Waals surface area contributed by atoms with Crippen molar-refractivity contribution >= 4 is 0 Å². The first kappa shape index (κ1) is 10.5. The molecule has 1 aromatic rings. The Balaban J connectivity index is 1.87. The lowest BCUT2D eigenvalue weighted by Crippen LogP contribution is -2.31. The van der Waals surface area contributed by atoms with Crippen LogP contribution in [0.1, 0.15) is 25.0 Å². The van der Waals surface area contributed by atoms with Gasteiger partial charge in [-0.15, -0.1) is 0 Å². The molecule has 2 rings (SSSR count). The van der Waals surface area contributed by atoms with Gasteiger partial charge in [0.2, 0.25) is 0 Å². The number of rotatable bonds is 3. The van der Waals surface area contributed by atoms with E-state index in [1.807, 2.05) is 6.92 Å². The van der Waals surface area contributed by atoms with Crippen molar-refractivity contribution in [1.82, 2.24) is 15.1 Å². The van der Waals surface area contributed by atoms with E-state index < -0.39 is 0 Å². The molecule has 2 N–H and O–H groups in total. The number of aromatic amines is 1. The van der Waals surface area contributed by atoms with Crippen LogP contribution >= 0.6 is 0 Å². The fourth-order valence-electron chi connectivity index (χ4n) is 2.21. The number of piperidine rings is 1. The van der Waals surface area contributed by atoms with E-state index in [1.165, 1.54) is 12.8 Å². The smallest absolute Gasteiger partial charge is 0.266 e. The first-order valence-electron chi connectivity index (χ1n) is 5.73. The van der Waals surface area contributed by atoms with E-state index in [0.29, 0.717) is 0 Å².